The maximum Gasteiger partial charge on any atom is 0.317 e. The minimum atomic E-state index is 0.0954. The number of thiophene rings is 1. The highest BCUT2D eigenvalue weighted by molar-refractivity contribution is 7.10. The molecule has 2 aromatic rings. The van der Waals surface area contributed by atoms with E-state index < -0.39 is 0 Å². The quantitative estimate of drug-likeness (QED) is 0.856. The minimum Gasteiger partial charge on any atom is -0.335 e. The maximum atomic E-state index is 12.6. The number of halogens is 1. The van der Waals surface area contributed by atoms with Crippen LogP contribution in [0.3, 0.4) is 0 Å². The average molecular weight is 390 g/mol. The summed E-state index contributed by atoms with van der Waals surface area (Å²) < 4.78 is 0. The average Bonchev–Trinajstić information content (AvgIpc) is 3.13. The summed E-state index contributed by atoms with van der Waals surface area (Å²) in [4.78, 5) is 18.4. The number of piperidine rings is 1. The van der Waals surface area contributed by atoms with Crippen LogP contribution in [0.25, 0.3) is 0 Å². The highest BCUT2D eigenvalue weighted by atomic mass is 35.5. The summed E-state index contributed by atoms with van der Waals surface area (Å²) in [5.74, 6) is 0. The zero-order chi connectivity index (χ0) is 17.9. The first-order valence-corrected chi connectivity index (χ1v) is 10.5. The molecule has 0 aliphatic carbocycles. The van der Waals surface area contributed by atoms with Gasteiger partial charge < -0.3 is 10.2 Å². The summed E-state index contributed by atoms with van der Waals surface area (Å²) in [5, 5.41) is 6.16. The van der Waals surface area contributed by atoms with Gasteiger partial charge in [0.15, 0.2) is 0 Å². The number of amides is 2. The highest BCUT2D eigenvalue weighted by Gasteiger charge is 2.25. The Morgan fingerprint density at radius 3 is 2.69 bits per heavy atom. The summed E-state index contributed by atoms with van der Waals surface area (Å²) >= 11 is 7.76. The third-order valence-corrected chi connectivity index (χ3v) is 6.60. The highest BCUT2D eigenvalue weighted by Crippen LogP contribution is 2.24. The predicted octanol–water partition coefficient (Wildman–Crippen LogP) is 4.13. The molecule has 0 bridgehead atoms. The second-order valence-electron chi connectivity index (χ2n) is 7.17. The number of hydrogen-bond donors (Lipinski definition) is 1. The predicted molar refractivity (Wildman–Crippen MR) is 107 cm³/mol. The Bertz CT molecular complexity index is 753. The first kappa shape index (κ1) is 17.8. The minimum absolute atomic E-state index is 0.0954. The van der Waals surface area contributed by atoms with E-state index in [2.05, 4.69) is 33.8 Å². The van der Waals surface area contributed by atoms with Gasteiger partial charge in [-0.15, -0.1) is 11.3 Å². The number of nitrogens with one attached hydrogen (secondary N) is 1. The van der Waals surface area contributed by atoms with Gasteiger partial charge in [0.1, 0.15) is 0 Å². The van der Waals surface area contributed by atoms with E-state index in [0.29, 0.717) is 0 Å². The number of nitrogens with zero attached hydrogens (tertiary/aromatic N) is 2. The molecule has 4 rings (SSSR count). The van der Waals surface area contributed by atoms with Crippen LogP contribution in [0.2, 0.25) is 5.02 Å². The van der Waals surface area contributed by atoms with Gasteiger partial charge in [-0.1, -0.05) is 23.7 Å². The molecule has 1 N–H and O–H groups in total. The zero-order valence-corrected chi connectivity index (χ0v) is 16.4. The number of urea groups is 1. The van der Waals surface area contributed by atoms with Gasteiger partial charge in [-0.05, 0) is 54.0 Å². The van der Waals surface area contributed by atoms with Crippen LogP contribution in [-0.2, 0) is 19.5 Å². The lowest BCUT2D eigenvalue weighted by Crippen LogP contribution is -2.50. The van der Waals surface area contributed by atoms with Crippen LogP contribution < -0.4 is 5.32 Å². The summed E-state index contributed by atoms with van der Waals surface area (Å²) in [7, 11) is 0. The molecule has 0 atom stereocenters. The molecule has 3 heterocycles. The van der Waals surface area contributed by atoms with Gasteiger partial charge in [0.05, 0.1) is 0 Å². The molecule has 2 aliphatic rings. The number of hydrogen-bond acceptors (Lipinski definition) is 3. The molecule has 4 nitrogen and oxygen atoms in total. The molecule has 2 aliphatic heterocycles. The monoisotopic (exact) mass is 389 g/mol. The number of rotatable bonds is 3. The fourth-order valence-corrected chi connectivity index (χ4v) is 4.79. The van der Waals surface area contributed by atoms with Crippen LogP contribution in [0.5, 0.6) is 0 Å². The van der Waals surface area contributed by atoms with E-state index in [-0.39, 0.29) is 12.1 Å². The molecule has 138 valence electrons. The fourth-order valence-electron chi connectivity index (χ4n) is 3.77. The van der Waals surface area contributed by atoms with Crippen LogP contribution in [0, 0.1) is 0 Å². The molecule has 0 radical (unpaired) electrons. The van der Waals surface area contributed by atoms with E-state index in [0.717, 1.165) is 57.0 Å². The molecule has 6 heteroatoms. The first-order valence-electron chi connectivity index (χ1n) is 9.25. The van der Waals surface area contributed by atoms with Crippen LogP contribution in [0.15, 0.2) is 35.7 Å². The summed E-state index contributed by atoms with van der Waals surface area (Å²) in [6, 6.07) is 10.6. The van der Waals surface area contributed by atoms with Crippen molar-refractivity contribution in [2.45, 2.75) is 38.4 Å². The van der Waals surface area contributed by atoms with Crippen molar-refractivity contribution in [3.05, 3.63) is 56.7 Å². The Hall–Kier alpha value is -1.56. The van der Waals surface area contributed by atoms with Crippen molar-refractivity contribution in [1.82, 2.24) is 15.1 Å². The molecule has 0 saturated carbocycles. The van der Waals surface area contributed by atoms with E-state index in [1.807, 2.05) is 17.0 Å². The van der Waals surface area contributed by atoms with Crippen molar-refractivity contribution in [1.29, 1.82) is 0 Å². The van der Waals surface area contributed by atoms with Gasteiger partial charge in [0, 0.05) is 48.7 Å². The van der Waals surface area contributed by atoms with Crippen molar-refractivity contribution in [2.24, 2.45) is 0 Å². The molecule has 2 amide bonds. The number of carbonyl (C=O) groups excluding carboxylic acids is 1. The number of fused-ring (bicyclic) bond motifs is 1. The molecule has 1 aromatic heterocycles. The topological polar surface area (TPSA) is 35.6 Å². The third kappa shape index (κ3) is 4.22. The molecule has 1 saturated heterocycles. The van der Waals surface area contributed by atoms with Crippen LogP contribution in [0.1, 0.15) is 28.8 Å². The van der Waals surface area contributed by atoms with Crippen molar-refractivity contribution >= 4 is 29.0 Å². The van der Waals surface area contributed by atoms with Crippen LogP contribution in [-0.4, -0.2) is 41.5 Å². The number of likely N-dealkylation sites (tertiary alicyclic amines) is 1. The van der Waals surface area contributed by atoms with Gasteiger partial charge in [0.25, 0.3) is 0 Å². The summed E-state index contributed by atoms with van der Waals surface area (Å²) in [5.41, 5.74) is 2.60. The van der Waals surface area contributed by atoms with Crippen LogP contribution >= 0.6 is 22.9 Å². The van der Waals surface area contributed by atoms with Gasteiger partial charge in [-0.3, -0.25) is 4.90 Å². The van der Waals surface area contributed by atoms with Gasteiger partial charge in [-0.2, -0.15) is 0 Å². The molecule has 1 fully saturated rings. The van der Waals surface area contributed by atoms with E-state index in [4.69, 9.17) is 11.6 Å². The van der Waals surface area contributed by atoms with Crippen molar-refractivity contribution < 1.29 is 4.79 Å². The summed E-state index contributed by atoms with van der Waals surface area (Å²) in [6.45, 7) is 4.56. The van der Waals surface area contributed by atoms with Gasteiger partial charge >= 0.3 is 6.03 Å². The Morgan fingerprint density at radius 1 is 1.15 bits per heavy atom. The Balaban J connectivity index is 1.23. The second kappa shape index (κ2) is 7.99. The van der Waals surface area contributed by atoms with E-state index in [1.54, 1.807) is 11.3 Å². The lowest BCUT2D eigenvalue weighted by atomic mass is 10.0. The smallest absolute Gasteiger partial charge is 0.317 e. The SMILES string of the molecule is O=C(NC1CCN(Cc2ccc(Cl)cc2)CC1)N1CCc2sccc2C1. The second-order valence-corrected chi connectivity index (χ2v) is 8.60. The Kier molecular flexibility index (Phi) is 5.48. The van der Waals surface area contributed by atoms with Crippen LogP contribution in [0.4, 0.5) is 4.79 Å². The standard InChI is InChI=1S/C20H24ClN3OS/c21-17-3-1-15(2-4-17)13-23-9-5-18(6-10-23)22-20(25)24-11-7-19-16(14-24)8-12-26-19/h1-4,8,12,18H,5-7,9-11,13-14H2,(H,22,25). The molecular weight excluding hydrogens is 366 g/mol. The number of carbonyl (C=O) groups is 1. The Morgan fingerprint density at radius 2 is 1.92 bits per heavy atom. The largest absolute Gasteiger partial charge is 0.335 e. The lowest BCUT2D eigenvalue weighted by Gasteiger charge is -2.34. The Labute approximate surface area is 163 Å². The molecule has 26 heavy (non-hydrogen) atoms. The van der Waals surface area contributed by atoms with Crippen molar-refractivity contribution in [3.8, 4) is 0 Å². The number of benzene rings is 1. The lowest BCUT2D eigenvalue weighted by molar-refractivity contribution is 0.166. The van der Waals surface area contributed by atoms with E-state index in [9.17, 15) is 4.79 Å². The molecule has 0 unspecified atom stereocenters. The fraction of sp³-hybridized carbons (Fsp3) is 0.450. The molecule has 1 aromatic carbocycles. The van der Waals surface area contributed by atoms with Gasteiger partial charge in [-0.25, -0.2) is 4.79 Å². The third-order valence-electron chi connectivity index (χ3n) is 5.33. The molecular formula is C20H24ClN3OS. The van der Waals surface area contributed by atoms with Crippen molar-refractivity contribution in [3.63, 3.8) is 0 Å². The first-order chi connectivity index (χ1) is 12.7. The summed E-state index contributed by atoms with van der Waals surface area (Å²) in [6.07, 6.45) is 3.01. The van der Waals surface area contributed by atoms with Crippen molar-refractivity contribution in [2.75, 3.05) is 19.6 Å². The van der Waals surface area contributed by atoms with E-state index >= 15 is 0 Å². The van der Waals surface area contributed by atoms with E-state index in [1.165, 1.54) is 16.0 Å². The zero-order valence-electron chi connectivity index (χ0n) is 14.8. The normalized spacial score (nSPS) is 18.6. The maximum absolute atomic E-state index is 12.6. The van der Waals surface area contributed by atoms with Gasteiger partial charge in [0.2, 0.25) is 0 Å². The molecule has 0 spiro atoms.